The van der Waals surface area contributed by atoms with Gasteiger partial charge in [-0.2, -0.15) is 0 Å². The molecule has 0 atom stereocenters. The number of carbonyl (C=O) groups excluding carboxylic acids is 1. The van der Waals surface area contributed by atoms with E-state index in [4.69, 9.17) is 5.11 Å². The number of carboxylic acids is 1. The van der Waals surface area contributed by atoms with Gasteiger partial charge in [-0.15, -0.1) is 11.3 Å². The summed E-state index contributed by atoms with van der Waals surface area (Å²) in [5.74, 6) is -1.84. The van der Waals surface area contributed by atoms with E-state index in [0.717, 1.165) is 6.08 Å². The molecule has 4 nitrogen and oxygen atoms in total. The largest absolute Gasteiger partial charge is 0.478 e. The first-order valence-electron chi connectivity index (χ1n) is 6.02. The van der Waals surface area contributed by atoms with Gasteiger partial charge in [0.1, 0.15) is 5.82 Å². The summed E-state index contributed by atoms with van der Waals surface area (Å²) in [5.41, 5.74) is 1.49. The summed E-state index contributed by atoms with van der Waals surface area (Å²) in [6.45, 7) is 1.73. The minimum absolute atomic E-state index is 0.369. The van der Waals surface area contributed by atoms with Gasteiger partial charge < -0.3 is 10.4 Å². The van der Waals surface area contributed by atoms with Crippen molar-refractivity contribution in [2.75, 3.05) is 5.32 Å². The molecule has 0 fully saturated rings. The zero-order valence-electron chi connectivity index (χ0n) is 11.1. The van der Waals surface area contributed by atoms with Crippen LogP contribution in [0, 0.1) is 12.7 Å². The molecule has 108 valence electrons. The predicted molar refractivity (Wildman–Crippen MR) is 80.1 cm³/mol. The summed E-state index contributed by atoms with van der Waals surface area (Å²) in [6, 6.07) is 5.85. The minimum atomic E-state index is -1.05. The quantitative estimate of drug-likeness (QED) is 0.849. The molecule has 21 heavy (non-hydrogen) atoms. The van der Waals surface area contributed by atoms with Gasteiger partial charge in [-0.3, -0.25) is 4.79 Å². The standard InChI is InChI=1S/C15H12FNO3S/c1-9-4-11(16)7-12(5-9)17-15(20)10-6-13(21-8-10)2-3-14(18)19/h2-8H,1H3,(H,17,20)(H,18,19). The number of halogens is 1. The van der Waals surface area contributed by atoms with Crippen LogP contribution in [0.1, 0.15) is 20.8 Å². The van der Waals surface area contributed by atoms with Crippen molar-refractivity contribution in [1.82, 2.24) is 0 Å². The van der Waals surface area contributed by atoms with Crippen molar-refractivity contribution < 1.29 is 19.1 Å². The Morgan fingerprint density at radius 2 is 2.05 bits per heavy atom. The summed E-state index contributed by atoms with van der Waals surface area (Å²) in [5, 5.41) is 12.8. The van der Waals surface area contributed by atoms with Crippen LogP contribution in [0.2, 0.25) is 0 Å². The van der Waals surface area contributed by atoms with Crippen molar-refractivity contribution >= 4 is 35.0 Å². The molecule has 0 spiro atoms. The zero-order valence-corrected chi connectivity index (χ0v) is 11.9. The first kappa shape index (κ1) is 14.9. The van der Waals surface area contributed by atoms with Crippen LogP contribution in [0.3, 0.4) is 0 Å². The summed E-state index contributed by atoms with van der Waals surface area (Å²) in [6.07, 6.45) is 2.42. The van der Waals surface area contributed by atoms with Crippen LogP contribution in [0.4, 0.5) is 10.1 Å². The van der Waals surface area contributed by atoms with E-state index in [1.165, 1.54) is 29.5 Å². The Morgan fingerprint density at radius 1 is 1.29 bits per heavy atom. The fourth-order valence-electron chi connectivity index (χ4n) is 1.72. The van der Waals surface area contributed by atoms with Crippen LogP contribution in [0.15, 0.2) is 35.7 Å². The molecule has 0 saturated heterocycles. The van der Waals surface area contributed by atoms with E-state index in [9.17, 15) is 14.0 Å². The maximum atomic E-state index is 13.2. The molecule has 0 aliphatic rings. The topological polar surface area (TPSA) is 66.4 Å². The molecule has 1 heterocycles. The summed E-state index contributed by atoms with van der Waals surface area (Å²) in [4.78, 5) is 23.1. The molecule has 0 bridgehead atoms. The summed E-state index contributed by atoms with van der Waals surface area (Å²) >= 11 is 1.25. The molecular formula is C15H12FNO3S. The highest BCUT2D eigenvalue weighted by Crippen LogP contribution is 2.19. The molecule has 2 rings (SSSR count). The second-order valence-electron chi connectivity index (χ2n) is 4.38. The Labute approximate surface area is 124 Å². The van der Waals surface area contributed by atoms with Crippen LogP contribution in [0.25, 0.3) is 6.08 Å². The predicted octanol–water partition coefficient (Wildman–Crippen LogP) is 3.55. The first-order chi connectivity index (χ1) is 9.94. The van der Waals surface area contributed by atoms with Gasteiger partial charge in [0.25, 0.3) is 5.91 Å². The number of anilines is 1. The lowest BCUT2D eigenvalue weighted by Gasteiger charge is -2.05. The van der Waals surface area contributed by atoms with Gasteiger partial charge in [-0.05, 0) is 42.8 Å². The van der Waals surface area contributed by atoms with Crippen molar-refractivity contribution in [1.29, 1.82) is 0 Å². The molecule has 0 radical (unpaired) electrons. The lowest BCUT2D eigenvalue weighted by molar-refractivity contribution is -0.131. The van der Waals surface area contributed by atoms with E-state index in [2.05, 4.69) is 5.32 Å². The lowest BCUT2D eigenvalue weighted by atomic mass is 10.2. The number of carboxylic acid groups (broad SMARTS) is 1. The third kappa shape index (κ3) is 4.25. The van der Waals surface area contributed by atoms with Crippen LogP contribution >= 0.6 is 11.3 Å². The van der Waals surface area contributed by atoms with E-state index in [-0.39, 0.29) is 5.91 Å². The number of thiophene rings is 1. The van der Waals surface area contributed by atoms with Gasteiger partial charge >= 0.3 is 5.97 Å². The fraction of sp³-hybridized carbons (Fsp3) is 0.0667. The Bertz CT molecular complexity index is 701. The van der Waals surface area contributed by atoms with Gasteiger partial charge in [-0.1, -0.05) is 0 Å². The first-order valence-corrected chi connectivity index (χ1v) is 6.90. The van der Waals surface area contributed by atoms with Crippen LogP contribution < -0.4 is 5.32 Å². The SMILES string of the molecule is Cc1cc(F)cc(NC(=O)c2csc(C=CC(=O)O)c2)c1. The molecule has 1 amide bonds. The fourth-order valence-corrected chi connectivity index (χ4v) is 2.50. The van der Waals surface area contributed by atoms with E-state index >= 15 is 0 Å². The maximum Gasteiger partial charge on any atom is 0.328 e. The Balaban J connectivity index is 2.11. The highest BCUT2D eigenvalue weighted by molar-refractivity contribution is 7.11. The third-order valence-corrected chi connectivity index (χ3v) is 3.47. The Morgan fingerprint density at radius 3 is 2.71 bits per heavy atom. The van der Waals surface area contributed by atoms with Crippen molar-refractivity contribution in [3.8, 4) is 0 Å². The molecule has 1 aromatic heterocycles. The van der Waals surface area contributed by atoms with Crippen molar-refractivity contribution in [3.05, 3.63) is 57.5 Å². The highest BCUT2D eigenvalue weighted by Gasteiger charge is 2.09. The normalized spacial score (nSPS) is 10.8. The average molecular weight is 305 g/mol. The minimum Gasteiger partial charge on any atom is -0.478 e. The second kappa shape index (κ2) is 6.32. The molecule has 1 aromatic carbocycles. The number of nitrogens with one attached hydrogen (secondary N) is 1. The van der Waals surface area contributed by atoms with Gasteiger partial charge in [-0.25, -0.2) is 9.18 Å². The molecule has 6 heteroatoms. The number of aryl methyl sites for hydroxylation is 1. The molecule has 0 aliphatic heterocycles. The van der Waals surface area contributed by atoms with Crippen LogP contribution in [0.5, 0.6) is 0 Å². The van der Waals surface area contributed by atoms with Gasteiger partial charge in [0.15, 0.2) is 0 Å². The number of hydrogen-bond donors (Lipinski definition) is 2. The molecule has 0 saturated carbocycles. The molecule has 2 aromatic rings. The highest BCUT2D eigenvalue weighted by atomic mass is 32.1. The number of hydrogen-bond acceptors (Lipinski definition) is 3. The molecule has 0 unspecified atom stereocenters. The third-order valence-electron chi connectivity index (χ3n) is 2.57. The van der Waals surface area contributed by atoms with Gasteiger partial charge in [0.05, 0.1) is 5.56 Å². The van der Waals surface area contributed by atoms with Crippen LogP contribution in [-0.4, -0.2) is 17.0 Å². The van der Waals surface area contributed by atoms with E-state index in [1.807, 2.05) is 0 Å². The lowest BCUT2D eigenvalue weighted by Crippen LogP contribution is -2.11. The molecule has 2 N–H and O–H groups in total. The monoisotopic (exact) mass is 305 g/mol. The molecular weight excluding hydrogens is 293 g/mol. The smallest absolute Gasteiger partial charge is 0.328 e. The van der Waals surface area contributed by atoms with E-state index in [0.29, 0.717) is 21.7 Å². The average Bonchev–Trinajstić information content (AvgIpc) is 2.83. The summed E-state index contributed by atoms with van der Waals surface area (Å²) < 4.78 is 13.2. The Hall–Kier alpha value is -2.47. The number of rotatable bonds is 4. The van der Waals surface area contributed by atoms with E-state index in [1.54, 1.807) is 24.4 Å². The maximum absolute atomic E-state index is 13.2. The van der Waals surface area contributed by atoms with Crippen molar-refractivity contribution in [3.63, 3.8) is 0 Å². The number of aliphatic carboxylic acids is 1. The summed E-state index contributed by atoms with van der Waals surface area (Å²) in [7, 11) is 0. The van der Waals surface area contributed by atoms with E-state index < -0.39 is 11.8 Å². The van der Waals surface area contributed by atoms with Gasteiger partial charge in [0, 0.05) is 22.0 Å². The molecule has 0 aliphatic carbocycles. The van der Waals surface area contributed by atoms with Crippen LogP contribution in [-0.2, 0) is 4.79 Å². The zero-order chi connectivity index (χ0) is 15.4. The number of amides is 1. The van der Waals surface area contributed by atoms with Gasteiger partial charge in [0.2, 0.25) is 0 Å². The Kier molecular flexibility index (Phi) is 4.49. The number of carbonyl (C=O) groups is 2. The van der Waals surface area contributed by atoms with Crippen molar-refractivity contribution in [2.45, 2.75) is 6.92 Å². The van der Waals surface area contributed by atoms with Crippen molar-refractivity contribution in [2.24, 2.45) is 0 Å². The second-order valence-corrected chi connectivity index (χ2v) is 5.32. The number of benzene rings is 1.